The van der Waals surface area contributed by atoms with Crippen LogP contribution in [0.5, 0.6) is 0 Å². The zero-order valence-corrected chi connectivity index (χ0v) is 19.5. The lowest BCUT2D eigenvalue weighted by atomic mass is 9.99. The molecule has 4 rings (SSSR count). The number of alkyl halides is 2. The summed E-state index contributed by atoms with van der Waals surface area (Å²) in [5.41, 5.74) is 6.03. The van der Waals surface area contributed by atoms with Gasteiger partial charge in [0, 0.05) is 22.0 Å². The van der Waals surface area contributed by atoms with Gasteiger partial charge >= 0.3 is 0 Å². The highest BCUT2D eigenvalue weighted by Crippen LogP contribution is 2.44. The first-order valence-electron chi connectivity index (χ1n) is 10.3. The Morgan fingerprint density at radius 3 is 1.55 bits per heavy atom. The SMILES string of the molecule is ClCC[N+](CCCl)=C1C=CC(=C2C=C(c3ccccc3)SC(c3ccccc3)=C2)C=C1. The molecule has 0 aromatic heterocycles. The fourth-order valence-corrected chi connectivity index (χ4v) is 5.12. The number of thioether (sulfide) groups is 1. The maximum atomic E-state index is 5.98. The Balaban J connectivity index is 1.75. The molecule has 2 aromatic carbocycles. The highest BCUT2D eigenvalue weighted by atomic mass is 35.5. The van der Waals surface area contributed by atoms with Crippen LogP contribution < -0.4 is 0 Å². The summed E-state index contributed by atoms with van der Waals surface area (Å²) in [6.07, 6.45) is 13.3. The van der Waals surface area contributed by atoms with E-state index in [1.165, 1.54) is 32.1 Å². The Hall–Kier alpha value is -2.26. The molecule has 0 radical (unpaired) electrons. The molecular formula is C27H24Cl2NS+. The molecule has 156 valence electrons. The maximum Gasteiger partial charge on any atom is 0.200 e. The number of allylic oxidation sites excluding steroid dienone is 8. The van der Waals surface area contributed by atoms with Crippen molar-refractivity contribution in [2.75, 3.05) is 24.8 Å². The van der Waals surface area contributed by atoms with Crippen LogP contribution in [0.15, 0.2) is 108 Å². The van der Waals surface area contributed by atoms with Gasteiger partial charge in [0.25, 0.3) is 0 Å². The summed E-state index contributed by atoms with van der Waals surface area (Å²) in [7, 11) is 0. The second kappa shape index (κ2) is 10.9. The number of hydrogen-bond acceptors (Lipinski definition) is 1. The van der Waals surface area contributed by atoms with E-state index in [9.17, 15) is 0 Å². The second-order valence-corrected chi connectivity index (χ2v) is 9.06. The molecule has 2 aromatic rings. The highest BCUT2D eigenvalue weighted by Gasteiger charge is 2.17. The van der Waals surface area contributed by atoms with Gasteiger partial charge < -0.3 is 0 Å². The number of nitrogens with zero attached hydrogens (tertiary/aromatic N) is 1. The van der Waals surface area contributed by atoms with Gasteiger partial charge in [0.2, 0.25) is 0 Å². The van der Waals surface area contributed by atoms with Crippen molar-refractivity contribution in [2.24, 2.45) is 0 Å². The van der Waals surface area contributed by atoms with Crippen LogP contribution in [0.2, 0.25) is 0 Å². The summed E-state index contributed by atoms with van der Waals surface area (Å²) in [6, 6.07) is 21.2. The van der Waals surface area contributed by atoms with Crippen LogP contribution in [0.25, 0.3) is 9.81 Å². The standard InChI is InChI=1S/C27H24Cl2NS/c28-15-17-30(18-16-29)25-13-11-21(12-14-25)24-19-26(22-7-3-1-4-8-22)31-27(20-24)23-9-5-2-6-10-23/h1-14,19-20H,15-18H2/q+1. The lowest BCUT2D eigenvalue weighted by Gasteiger charge is -2.19. The Morgan fingerprint density at radius 2 is 1.10 bits per heavy atom. The van der Waals surface area contributed by atoms with E-state index in [0.717, 1.165) is 18.8 Å². The zero-order valence-electron chi connectivity index (χ0n) is 17.2. The molecule has 1 nitrogen and oxygen atoms in total. The second-order valence-electron chi connectivity index (χ2n) is 7.22. The third-order valence-corrected chi connectivity index (χ3v) is 6.67. The maximum absolute atomic E-state index is 5.98. The van der Waals surface area contributed by atoms with Gasteiger partial charge in [0.1, 0.15) is 0 Å². The molecule has 0 bridgehead atoms. The third kappa shape index (κ3) is 5.51. The number of rotatable bonds is 6. The summed E-state index contributed by atoms with van der Waals surface area (Å²) in [5.74, 6) is 1.17. The molecule has 2 aliphatic rings. The van der Waals surface area contributed by atoms with Gasteiger partial charge in [-0.25, -0.2) is 4.58 Å². The van der Waals surface area contributed by atoms with E-state index < -0.39 is 0 Å². The summed E-state index contributed by atoms with van der Waals surface area (Å²) in [5, 5.41) is 0. The summed E-state index contributed by atoms with van der Waals surface area (Å²) in [6.45, 7) is 1.58. The molecule has 4 heteroatoms. The van der Waals surface area contributed by atoms with Crippen LogP contribution in [0.4, 0.5) is 0 Å². The lowest BCUT2D eigenvalue weighted by molar-refractivity contribution is -0.517. The molecule has 0 spiro atoms. The molecule has 0 unspecified atom stereocenters. The third-order valence-electron chi connectivity index (χ3n) is 5.18. The zero-order chi connectivity index (χ0) is 21.5. The van der Waals surface area contributed by atoms with Gasteiger partial charge in [-0.05, 0) is 46.6 Å². The van der Waals surface area contributed by atoms with Crippen molar-refractivity contribution in [3.63, 3.8) is 0 Å². The first-order valence-corrected chi connectivity index (χ1v) is 12.2. The number of hydrogen-bond donors (Lipinski definition) is 0. The number of benzene rings is 2. The first-order chi connectivity index (χ1) is 15.3. The van der Waals surface area contributed by atoms with E-state index in [2.05, 4.69) is 102 Å². The molecule has 0 saturated heterocycles. The first kappa shape index (κ1) is 22.0. The van der Waals surface area contributed by atoms with Gasteiger partial charge in [-0.1, -0.05) is 72.4 Å². The van der Waals surface area contributed by atoms with Crippen molar-refractivity contribution >= 4 is 50.5 Å². The van der Waals surface area contributed by atoms with Crippen molar-refractivity contribution in [1.29, 1.82) is 0 Å². The molecule has 31 heavy (non-hydrogen) atoms. The predicted octanol–water partition coefficient (Wildman–Crippen LogP) is 7.17. The highest BCUT2D eigenvalue weighted by molar-refractivity contribution is 8.16. The molecule has 0 saturated carbocycles. The Labute approximate surface area is 198 Å². The summed E-state index contributed by atoms with van der Waals surface area (Å²) < 4.78 is 2.22. The molecule has 0 fully saturated rings. The minimum Gasteiger partial charge on any atom is -0.227 e. The van der Waals surface area contributed by atoms with Gasteiger partial charge in [-0.3, -0.25) is 0 Å². The smallest absolute Gasteiger partial charge is 0.200 e. The molecule has 0 amide bonds. The van der Waals surface area contributed by atoms with Crippen molar-refractivity contribution in [1.82, 2.24) is 0 Å². The lowest BCUT2D eigenvalue weighted by Crippen LogP contribution is -2.24. The Kier molecular flexibility index (Phi) is 7.69. The Morgan fingerprint density at radius 1 is 0.613 bits per heavy atom. The van der Waals surface area contributed by atoms with Crippen LogP contribution >= 0.6 is 35.0 Å². The topological polar surface area (TPSA) is 3.01 Å². The minimum absolute atomic E-state index is 0.583. The van der Waals surface area contributed by atoms with E-state index in [1.807, 2.05) is 11.8 Å². The van der Waals surface area contributed by atoms with Crippen molar-refractivity contribution in [3.8, 4) is 0 Å². The van der Waals surface area contributed by atoms with E-state index >= 15 is 0 Å². The summed E-state index contributed by atoms with van der Waals surface area (Å²) >= 11 is 13.8. The normalized spacial score (nSPS) is 15.7. The van der Waals surface area contributed by atoms with Crippen molar-refractivity contribution in [2.45, 2.75) is 0 Å². The number of halogens is 2. The van der Waals surface area contributed by atoms with E-state index in [0.29, 0.717) is 11.8 Å². The summed E-state index contributed by atoms with van der Waals surface area (Å²) in [4.78, 5) is 2.51. The largest absolute Gasteiger partial charge is 0.227 e. The van der Waals surface area contributed by atoms with E-state index in [1.54, 1.807) is 0 Å². The molecule has 1 heterocycles. The van der Waals surface area contributed by atoms with Gasteiger partial charge in [0.15, 0.2) is 18.8 Å². The van der Waals surface area contributed by atoms with E-state index in [-0.39, 0.29) is 0 Å². The molecule has 0 N–H and O–H groups in total. The van der Waals surface area contributed by atoms with Crippen LogP contribution in [0, 0.1) is 0 Å². The van der Waals surface area contributed by atoms with Crippen LogP contribution in [-0.2, 0) is 0 Å². The average molecular weight is 465 g/mol. The Bertz CT molecular complexity index is 1020. The van der Waals surface area contributed by atoms with Crippen LogP contribution in [0.3, 0.4) is 0 Å². The van der Waals surface area contributed by atoms with Crippen LogP contribution in [0.1, 0.15) is 11.1 Å². The van der Waals surface area contributed by atoms with Gasteiger partial charge in [-0.15, -0.1) is 23.2 Å². The van der Waals surface area contributed by atoms with Gasteiger partial charge in [-0.2, -0.15) is 0 Å². The average Bonchev–Trinajstić information content (AvgIpc) is 2.85. The fraction of sp³-hybridized carbons (Fsp3) is 0.148. The van der Waals surface area contributed by atoms with Crippen molar-refractivity contribution < 1.29 is 4.58 Å². The quantitative estimate of drug-likeness (QED) is 0.323. The van der Waals surface area contributed by atoms with E-state index in [4.69, 9.17) is 23.2 Å². The molecule has 1 aliphatic heterocycles. The monoisotopic (exact) mass is 464 g/mol. The fourth-order valence-electron chi connectivity index (χ4n) is 3.60. The van der Waals surface area contributed by atoms with Crippen molar-refractivity contribution in [3.05, 3.63) is 119 Å². The molecule has 1 aliphatic carbocycles. The minimum atomic E-state index is 0.583. The molecular weight excluding hydrogens is 441 g/mol. The molecule has 0 atom stereocenters. The predicted molar refractivity (Wildman–Crippen MR) is 138 cm³/mol. The van der Waals surface area contributed by atoms with Gasteiger partial charge in [0.05, 0.1) is 11.8 Å². The van der Waals surface area contributed by atoms with Crippen LogP contribution in [-0.4, -0.2) is 35.1 Å².